The van der Waals surface area contributed by atoms with Crippen LogP contribution in [0.1, 0.15) is 15.9 Å². The molecule has 0 amide bonds. The molecule has 0 spiro atoms. The average Bonchev–Trinajstić information content (AvgIpc) is 2.85. The van der Waals surface area contributed by atoms with E-state index in [9.17, 15) is 9.18 Å². The van der Waals surface area contributed by atoms with E-state index in [2.05, 4.69) is 9.97 Å². The normalized spacial score (nSPS) is 10.7. The summed E-state index contributed by atoms with van der Waals surface area (Å²) in [6, 6.07) is 4.83. The first kappa shape index (κ1) is 11.0. The van der Waals surface area contributed by atoms with E-state index >= 15 is 0 Å². The van der Waals surface area contributed by atoms with Gasteiger partial charge in [0, 0.05) is 23.5 Å². The minimum atomic E-state index is -0.522. The maximum absolute atomic E-state index is 13.0. The summed E-state index contributed by atoms with van der Waals surface area (Å²) < 4.78 is 14.0. The molecule has 3 aromatic heterocycles. The van der Waals surface area contributed by atoms with E-state index < -0.39 is 5.82 Å². The summed E-state index contributed by atoms with van der Waals surface area (Å²) in [6.45, 7) is 0. The lowest BCUT2D eigenvalue weighted by atomic mass is 10.1. The Morgan fingerprint density at radius 2 is 2.00 bits per heavy atom. The topological polar surface area (TPSA) is 42.9 Å². The Kier molecular flexibility index (Phi) is 2.60. The van der Waals surface area contributed by atoms with Gasteiger partial charge in [-0.05, 0) is 23.6 Å². The molecule has 0 saturated heterocycles. The fourth-order valence-corrected chi connectivity index (χ4v) is 2.45. The Morgan fingerprint density at radius 1 is 1.17 bits per heavy atom. The summed E-state index contributed by atoms with van der Waals surface area (Å²) in [5, 5.41) is 1.91. The van der Waals surface area contributed by atoms with Gasteiger partial charge in [0.1, 0.15) is 5.82 Å². The second-order valence-corrected chi connectivity index (χ2v) is 4.70. The summed E-state index contributed by atoms with van der Waals surface area (Å²) in [5.74, 6) is -0.796. The molecule has 3 heterocycles. The summed E-state index contributed by atoms with van der Waals surface area (Å²) in [4.78, 5) is 20.0. The lowest BCUT2D eigenvalue weighted by Crippen LogP contribution is -2.02. The molecule has 18 heavy (non-hydrogen) atoms. The Hall–Kier alpha value is -2.14. The largest absolute Gasteiger partial charge is 0.288 e. The van der Waals surface area contributed by atoms with Gasteiger partial charge in [-0.25, -0.2) is 4.39 Å². The number of carbonyl (C=O) groups excluding carboxylic acids is 1. The SMILES string of the molecule is O=C(c1cncc(F)c1)c1cnc2ccsc2c1. The molecule has 0 aliphatic heterocycles. The molecule has 0 atom stereocenters. The van der Waals surface area contributed by atoms with Crippen LogP contribution in [0.2, 0.25) is 0 Å². The molecule has 0 aromatic carbocycles. The van der Waals surface area contributed by atoms with E-state index in [1.165, 1.54) is 29.8 Å². The molecule has 5 heteroatoms. The third kappa shape index (κ3) is 1.89. The smallest absolute Gasteiger partial charge is 0.196 e. The molecule has 0 radical (unpaired) electrons. The van der Waals surface area contributed by atoms with Gasteiger partial charge < -0.3 is 0 Å². The molecular weight excluding hydrogens is 251 g/mol. The standard InChI is InChI=1S/C13H7FN2OS/c14-10-3-8(5-15-7-10)13(17)9-4-12-11(16-6-9)1-2-18-12/h1-7H. The van der Waals surface area contributed by atoms with Crippen molar-refractivity contribution in [2.24, 2.45) is 0 Å². The summed E-state index contributed by atoms with van der Waals surface area (Å²) in [7, 11) is 0. The van der Waals surface area contributed by atoms with Crippen molar-refractivity contribution >= 4 is 27.3 Å². The van der Waals surface area contributed by atoms with Gasteiger partial charge in [-0.15, -0.1) is 11.3 Å². The second kappa shape index (κ2) is 4.27. The van der Waals surface area contributed by atoms with Crippen molar-refractivity contribution < 1.29 is 9.18 Å². The third-order valence-electron chi connectivity index (χ3n) is 2.53. The van der Waals surface area contributed by atoms with Crippen molar-refractivity contribution in [2.75, 3.05) is 0 Å². The number of ketones is 1. The Labute approximate surface area is 106 Å². The van der Waals surface area contributed by atoms with E-state index in [4.69, 9.17) is 0 Å². The highest BCUT2D eigenvalue weighted by Gasteiger charge is 2.11. The number of rotatable bonds is 2. The Bertz CT molecular complexity index is 738. The highest BCUT2D eigenvalue weighted by atomic mass is 32.1. The zero-order chi connectivity index (χ0) is 12.5. The molecule has 3 nitrogen and oxygen atoms in total. The van der Waals surface area contributed by atoms with Crippen LogP contribution < -0.4 is 0 Å². The first-order valence-electron chi connectivity index (χ1n) is 5.22. The van der Waals surface area contributed by atoms with Gasteiger partial charge in [-0.3, -0.25) is 14.8 Å². The van der Waals surface area contributed by atoms with E-state index in [-0.39, 0.29) is 11.3 Å². The monoisotopic (exact) mass is 258 g/mol. The van der Waals surface area contributed by atoms with Crippen LogP contribution in [-0.4, -0.2) is 15.8 Å². The van der Waals surface area contributed by atoms with Crippen molar-refractivity contribution in [1.29, 1.82) is 0 Å². The van der Waals surface area contributed by atoms with Gasteiger partial charge in [0.05, 0.1) is 16.4 Å². The van der Waals surface area contributed by atoms with Gasteiger partial charge in [-0.2, -0.15) is 0 Å². The van der Waals surface area contributed by atoms with Gasteiger partial charge in [0.25, 0.3) is 0 Å². The van der Waals surface area contributed by atoms with Crippen molar-refractivity contribution in [2.45, 2.75) is 0 Å². The minimum Gasteiger partial charge on any atom is -0.288 e. The van der Waals surface area contributed by atoms with Gasteiger partial charge in [-0.1, -0.05) is 0 Å². The molecular formula is C13H7FN2OS. The highest BCUT2D eigenvalue weighted by Crippen LogP contribution is 2.20. The fraction of sp³-hybridized carbons (Fsp3) is 0. The number of pyridine rings is 2. The highest BCUT2D eigenvalue weighted by molar-refractivity contribution is 7.17. The molecule has 0 fully saturated rings. The van der Waals surface area contributed by atoms with E-state index in [0.717, 1.165) is 16.4 Å². The number of halogens is 1. The zero-order valence-electron chi connectivity index (χ0n) is 9.13. The third-order valence-corrected chi connectivity index (χ3v) is 3.39. The van der Waals surface area contributed by atoms with Gasteiger partial charge in [0.2, 0.25) is 0 Å². The summed E-state index contributed by atoms with van der Waals surface area (Å²) in [6.07, 6.45) is 3.92. The van der Waals surface area contributed by atoms with Gasteiger partial charge in [0.15, 0.2) is 5.78 Å². The number of carbonyl (C=O) groups is 1. The van der Waals surface area contributed by atoms with Crippen molar-refractivity contribution in [1.82, 2.24) is 9.97 Å². The molecule has 0 saturated carbocycles. The molecule has 0 unspecified atom stereocenters. The number of hydrogen-bond donors (Lipinski definition) is 0. The van der Waals surface area contributed by atoms with E-state index in [0.29, 0.717) is 5.56 Å². The number of fused-ring (bicyclic) bond motifs is 1. The van der Waals surface area contributed by atoms with Crippen LogP contribution in [0, 0.1) is 5.82 Å². The average molecular weight is 258 g/mol. The molecule has 0 N–H and O–H groups in total. The lowest BCUT2D eigenvalue weighted by molar-refractivity contribution is 0.103. The molecule has 3 rings (SSSR count). The van der Waals surface area contributed by atoms with Crippen LogP contribution in [0.3, 0.4) is 0 Å². The van der Waals surface area contributed by atoms with Crippen LogP contribution >= 0.6 is 11.3 Å². The van der Waals surface area contributed by atoms with Crippen LogP contribution in [-0.2, 0) is 0 Å². The van der Waals surface area contributed by atoms with Crippen LogP contribution in [0.25, 0.3) is 10.2 Å². The second-order valence-electron chi connectivity index (χ2n) is 3.75. The van der Waals surface area contributed by atoms with Crippen molar-refractivity contribution in [3.05, 3.63) is 59.1 Å². The fourth-order valence-electron chi connectivity index (χ4n) is 1.67. The quantitative estimate of drug-likeness (QED) is 0.663. The summed E-state index contributed by atoms with van der Waals surface area (Å²) in [5.41, 5.74) is 1.53. The van der Waals surface area contributed by atoms with Crippen molar-refractivity contribution in [3.8, 4) is 0 Å². The number of thiophene rings is 1. The zero-order valence-corrected chi connectivity index (χ0v) is 9.95. The van der Waals surface area contributed by atoms with Crippen LogP contribution in [0.5, 0.6) is 0 Å². The maximum Gasteiger partial charge on any atom is 0.196 e. The van der Waals surface area contributed by atoms with Crippen molar-refractivity contribution in [3.63, 3.8) is 0 Å². The van der Waals surface area contributed by atoms with Gasteiger partial charge >= 0.3 is 0 Å². The predicted octanol–water partition coefficient (Wildman–Crippen LogP) is 3.06. The lowest BCUT2D eigenvalue weighted by Gasteiger charge is -2.00. The molecule has 3 aromatic rings. The first-order chi connectivity index (χ1) is 8.74. The van der Waals surface area contributed by atoms with Crippen LogP contribution in [0.4, 0.5) is 4.39 Å². The number of nitrogens with zero attached hydrogens (tertiary/aromatic N) is 2. The summed E-state index contributed by atoms with van der Waals surface area (Å²) >= 11 is 1.51. The van der Waals surface area contributed by atoms with Crippen LogP contribution in [0.15, 0.2) is 42.2 Å². The minimum absolute atomic E-state index is 0.229. The molecule has 0 aliphatic rings. The molecule has 88 valence electrons. The Balaban J connectivity index is 2.06. The maximum atomic E-state index is 13.0. The number of aromatic nitrogens is 2. The number of hydrogen-bond acceptors (Lipinski definition) is 4. The first-order valence-corrected chi connectivity index (χ1v) is 6.10. The molecule has 0 bridgehead atoms. The van der Waals surface area contributed by atoms with E-state index in [1.54, 1.807) is 6.07 Å². The predicted molar refractivity (Wildman–Crippen MR) is 67.2 cm³/mol. The molecule has 0 aliphatic carbocycles. The Morgan fingerprint density at radius 3 is 2.83 bits per heavy atom. The van der Waals surface area contributed by atoms with E-state index in [1.807, 2.05) is 11.4 Å².